The van der Waals surface area contributed by atoms with Crippen LogP contribution in [0.5, 0.6) is 0 Å². The van der Waals surface area contributed by atoms with Crippen LogP contribution in [-0.4, -0.2) is 25.5 Å². The normalized spacial score (nSPS) is 27.0. The van der Waals surface area contributed by atoms with E-state index in [-0.39, 0.29) is 5.92 Å². The molecule has 1 aliphatic carbocycles. The van der Waals surface area contributed by atoms with Crippen LogP contribution in [0.15, 0.2) is 24.3 Å². The monoisotopic (exact) mass is 284 g/mol. The number of anilines is 1. The van der Waals surface area contributed by atoms with Gasteiger partial charge in [-0.1, -0.05) is 18.2 Å². The molecular weight excluding hydrogens is 260 g/mol. The fourth-order valence-corrected chi connectivity index (χ4v) is 4.28. The van der Waals surface area contributed by atoms with Crippen LogP contribution in [0.25, 0.3) is 0 Å². The Morgan fingerprint density at radius 1 is 1.19 bits per heavy atom. The van der Waals surface area contributed by atoms with E-state index in [1.807, 2.05) is 0 Å². The maximum Gasteiger partial charge on any atom is 0.230 e. The lowest BCUT2D eigenvalue weighted by molar-refractivity contribution is -0.120. The molecule has 1 spiro atoms. The highest BCUT2D eigenvalue weighted by atomic mass is 16.2. The predicted octanol–water partition coefficient (Wildman–Crippen LogP) is 2.75. The van der Waals surface area contributed by atoms with Gasteiger partial charge in [-0.25, -0.2) is 0 Å². The van der Waals surface area contributed by atoms with Crippen LogP contribution in [0.1, 0.15) is 37.7 Å². The summed E-state index contributed by atoms with van der Waals surface area (Å²) in [5.74, 6) is 0.678. The van der Waals surface area contributed by atoms with Crippen LogP contribution in [0, 0.1) is 11.3 Å². The highest BCUT2D eigenvalue weighted by Gasteiger charge is 2.58. The Labute approximate surface area is 126 Å². The SMILES string of the molecule is O=C(C1CC12CCNCC2)N1CCCCc2ccccc21. The van der Waals surface area contributed by atoms with Gasteiger partial charge in [0.15, 0.2) is 0 Å². The molecule has 4 rings (SSSR count). The van der Waals surface area contributed by atoms with E-state index in [0.29, 0.717) is 11.3 Å². The van der Waals surface area contributed by atoms with Crippen LogP contribution in [0.4, 0.5) is 5.69 Å². The van der Waals surface area contributed by atoms with E-state index in [1.54, 1.807) is 0 Å². The molecule has 1 atom stereocenters. The van der Waals surface area contributed by atoms with Crippen molar-refractivity contribution in [2.24, 2.45) is 11.3 Å². The van der Waals surface area contributed by atoms with Crippen molar-refractivity contribution in [3.8, 4) is 0 Å². The van der Waals surface area contributed by atoms with Crippen LogP contribution >= 0.6 is 0 Å². The summed E-state index contributed by atoms with van der Waals surface area (Å²) in [4.78, 5) is 15.2. The van der Waals surface area contributed by atoms with Gasteiger partial charge < -0.3 is 10.2 Å². The number of para-hydroxylation sites is 1. The first kappa shape index (κ1) is 13.3. The summed E-state index contributed by atoms with van der Waals surface area (Å²) < 4.78 is 0. The molecule has 2 fully saturated rings. The van der Waals surface area contributed by atoms with Gasteiger partial charge in [0.1, 0.15) is 0 Å². The molecule has 2 heterocycles. The van der Waals surface area contributed by atoms with Gasteiger partial charge in [0.2, 0.25) is 5.91 Å². The third kappa shape index (κ3) is 2.28. The van der Waals surface area contributed by atoms with Crippen molar-refractivity contribution in [2.45, 2.75) is 38.5 Å². The van der Waals surface area contributed by atoms with E-state index < -0.39 is 0 Å². The lowest BCUT2D eigenvalue weighted by Gasteiger charge is -2.27. The molecule has 1 unspecified atom stereocenters. The summed E-state index contributed by atoms with van der Waals surface area (Å²) in [5, 5.41) is 3.42. The first-order valence-electron chi connectivity index (χ1n) is 8.40. The zero-order valence-corrected chi connectivity index (χ0v) is 12.6. The molecule has 3 aliphatic rings. The number of aryl methyl sites for hydroxylation is 1. The maximum absolute atomic E-state index is 13.1. The summed E-state index contributed by atoms with van der Waals surface area (Å²) in [5.41, 5.74) is 2.86. The van der Waals surface area contributed by atoms with Crippen LogP contribution < -0.4 is 10.2 Å². The van der Waals surface area contributed by atoms with Crippen LogP contribution in [-0.2, 0) is 11.2 Å². The van der Waals surface area contributed by atoms with Crippen LogP contribution in [0.2, 0.25) is 0 Å². The van der Waals surface area contributed by atoms with Gasteiger partial charge in [0.05, 0.1) is 0 Å². The second-order valence-corrected chi connectivity index (χ2v) is 6.94. The van der Waals surface area contributed by atoms with Gasteiger partial charge in [-0.15, -0.1) is 0 Å². The Morgan fingerprint density at radius 3 is 2.86 bits per heavy atom. The van der Waals surface area contributed by atoms with E-state index in [0.717, 1.165) is 38.9 Å². The molecular formula is C18H24N2O. The largest absolute Gasteiger partial charge is 0.317 e. The van der Waals surface area contributed by atoms with Gasteiger partial charge >= 0.3 is 0 Å². The lowest BCUT2D eigenvalue weighted by atomic mass is 9.91. The van der Waals surface area contributed by atoms with E-state index in [9.17, 15) is 4.79 Å². The van der Waals surface area contributed by atoms with Crippen molar-refractivity contribution in [3.63, 3.8) is 0 Å². The van der Waals surface area contributed by atoms with Gasteiger partial charge in [0.25, 0.3) is 0 Å². The van der Waals surface area contributed by atoms with Gasteiger partial charge in [0, 0.05) is 18.2 Å². The number of carbonyl (C=O) groups excluding carboxylic acids is 1. The van der Waals surface area contributed by atoms with Gasteiger partial charge in [-0.3, -0.25) is 4.79 Å². The summed E-state index contributed by atoms with van der Waals surface area (Å²) >= 11 is 0. The Hall–Kier alpha value is -1.35. The minimum atomic E-state index is 0.283. The molecule has 1 amide bonds. The third-order valence-corrected chi connectivity index (χ3v) is 5.71. The number of rotatable bonds is 1. The molecule has 1 saturated heterocycles. The highest BCUT2D eigenvalue weighted by Crippen LogP contribution is 2.59. The molecule has 3 nitrogen and oxygen atoms in total. The second-order valence-electron chi connectivity index (χ2n) is 6.94. The highest BCUT2D eigenvalue weighted by molar-refractivity contribution is 5.98. The first-order valence-corrected chi connectivity index (χ1v) is 8.40. The van der Waals surface area contributed by atoms with E-state index in [4.69, 9.17) is 0 Å². The number of nitrogens with zero attached hydrogens (tertiary/aromatic N) is 1. The molecule has 2 aliphatic heterocycles. The first-order chi connectivity index (χ1) is 10.3. The average molecular weight is 284 g/mol. The lowest BCUT2D eigenvalue weighted by Crippen LogP contribution is -2.37. The van der Waals surface area contributed by atoms with Crippen molar-refractivity contribution in [1.82, 2.24) is 5.32 Å². The van der Waals surface area contributed by atoms with Crippen molar-refractivity contribution in [2.75, 3.05) is 24.5 Å². The summed E-state index contributed by atoms with van der Waals surface area (Å²) in [6.45, 7) is 3.07. The maximum atomic E-state index is 13.1. The van der Waals surface area contributed by atoms with Crippen molar-refractivity contribution in [1.29, 1.82) is 0 Å². The topological polar surface area (TPSA) is 32.3 Å². The van der Waals surface area contributed by atoms with E-state index in [1.165, 1.54) is 30.5 Å². The number of nitrogens with one attached hydrogen (secondary N) is 1. The number of carbonyl (C=O) groups is 1. The smallest absolute Gasteiger partial charge is 0.230 e. The molecule has 0 bridgehead atoms. The van der Waals surface area contributed by atoms with Crippen molar-refractivity contribution in [3.05, 3.63) is 29.8 Å². The molecule has 0 radical (unpaired) electrons. The molecule has 1 aromatic carbocycles. The Kier molecular flexibility index (Phi) is 3.26. The van der Waals surface area contributed by atoms with Gasteiger partial charge in [-0.05, 0) is 68.7 Å². The fraction of sp³-hybridized carbons (Fsp3) is 0.611. The minimum absolute atomic E-state index is 0.283. The Morgan fingerprint density at radius 2 is 2.00 bits per heavy atom. The summed E-state index contributed by atoms with van der Waals surface area (Å²) in [7, 11) is 0. The van der Waals surface area contributed by atoms with E-state index >= 15 is 0 Å². The van der Waals surface area contributed by atoms with E-state index in [2.05, 4.69) is 34.5 Å². The number of fused-ring (bicyclic) bond motifs is 1. The molecule has 1 saturated carbocycles. The van der Waals surface area contributed by atoms with Crippen molar-refractivity contribution >= 4 is 11.6 Å². The van der Waals surface area contributed by atoms with Crippen LogP contribution in [0.3, 0.4) is 0 Å². The number of hydrogen-bond acceptors (Lipinski definition) is 2. The zero-order valence-electron chi connectivity index (χ0n) is 12.6. The second kappa shape index (κ2) is 5.13. The summed E-state index contributed by atoms with van der Waals surface area (Å²) in [6, 6.07) is 8.49. The molecule has 21 heavy (non-hydrogen) atoms. The molecule has 1 aromatic rings. The number of hydrogen-bond donors (Lipinski definition) is 1. The Balaban J connectivity index is 1.57. The molecule has 3 heteroatoms. The summed E-state index contributed by atoms with van der Waals surface area (Å²) in [6.07, 6.45) is 6.91. The molecule has 112 valence electrons. The third-order valence-electron chi connectivity index (χ3n) is 5.71. The minimum Gasteiger partial charge on any atom is -0.317 e. The Bertz CT molecular complexity index is 548. The number of amides is 1. The quantitative estimate of drug-likeness (QED) is 0.860. The van der Waals surface area contributed by atoms with Crippen molar-refractivity contribution < 1.29 is 4.79 Å². The van der Waals surface area contributed by atoms with Gasteiger partial charge in [-0.2, -0.15) is 0 Å². The standard InChI is InChI=1S/C18H24N2O/c21-17(15-13-18(15)8-10-19-11-9-18)20-12-4-3-6-14-5-1-2-7-16(14)20/h1-2,5,7,15,19H,3-4,6,8-13H2. The number of piperidine rings is 1. The molecule has 0 aromatic heterocycles. The molecule has 1 N–H and O–H groups in total. The fourth-order valence-electron chi connectivity index (χ4n) is 4.28. The average Bonchev–Trinajstić information content (AvgIpc) is 3.25. The predicted molar refractivity (Wildman–Crippen MR) is 84.4 cm³/mol. The number of benzene rings is 1. The zero-order chi connectivity index (χ0) is 14.3.